The van der Waals surface area contributed by atoms with E-state index in [0.717, 1.165) is 0 Å². The van der Waals surface area contributed by atoms with E-state index in [4.69, 9.17) is 0 Å². The summed E-state index contributed by atoms with van der Waals surface area (Å²) >= 11 is 0. The lowest BCUT2D eigenvalue weighted by atomic mass is 9.71. The Labute approximate surface area is 361 Å². The zero-order valence-corrected chi connectivity index (χ0v) is 40.1. The van der Waals surface area contributed by atoms with Crippen LogP contribution in [0, 0.1) is 5.41 Å². The first-order chi connectivity index (χ1) is 28.3. The Morgan fingerprint density at radius 3 is 0.684 bits per heavy atom. The molecule has 0 saturated heterocycles. The van der Waals surface area contributed by atoms with Crippen LogP contribution in [0.5, 0.6) is 0 Å². The molecule has 0 unspecified atom stereocenters. The van der Waals surface area contributed by atoms with E-state index < -0.39 is 0 Å². The fourth-order valence-electron chi connectivity index (χ4n) is 9.78. The normalized spacial score (nSPS) is 11.9. The van der Waals surface area contributed by atoms with Crippen LogP contribution in [0.4, 0.5) is 0 Å². The average molecular weight is 795 g/mol. The summed E-state index contributed by atoms with van der Waals surface area (Å²) in [6.07, 6.45) is 71.9. The van der Waals surface area contributed by atoms with E-state index in [1.165, 1.54) is 302 Å². The minimum Gasteiger partial charge on any atom is -0.205 e. The molecule has 1 aromatic rings. The third kappa shape index (κ3) is 37.9. The molecule has 0 aromatic carbocycles. The van der Waals surface area contributed by atoms with E-state index in [9.17, 15) is 0 Å². The zero-order chi connectivity index (χ0) is 40.8. The largest absolute Gasteiger partial charge is 0.205 e. The summed E-state index contributed by atoms with van der Waals surface area (Å²) in [5.41, 5.74) is 0.551. The predicted molar refractivity (Wildman–Crippen MR) is 258 cm³/mol. The van der Waals surface area contributed by atoms with E-state index in [2.05, 4.69) is 55.9 Å². The molecule has 57 heavy (non-hydrogen) atoms. The van der Waals surface area contributed by atoms with Gasteiger partial charge in [0.05, 0.1) is 0 Å². The molecule has 0 aliphatic carbocycles. The number of unbranched alkanes of at least 4 members (excludes halogenated alkanes) is 39. The molecule has 0 aliphatic heterocycles. The van der Waals surface area contributed by atoms with Crippen LogP contribution in [0.2, 0.25) is 0 Å². The molecule has 0 spiro atoms. The fraction of sp³-hybridized carbons (Fsp3) is 0.911. The topological polar surface area (TPSA) is 3.88 Å². The van der Waals surface area contributed by atoms with Gasteiger partial charge in [0.1, 0.15) is 6.54 Å². The third-order valence-corrected chi connectivity index (χ3v) is 13.9. The fourth-order valence-corrected chi connectivity index (χ4v) is 9.78. The van der Waals surface area contributed by atoms with Crippen molar-refractivity contribution in [2.45, 2.75) is 323 Å². The van der Waals surface area contributed by atoms with Gasteiger partial charge in [-0.2, -0.15) is 0 Å². The van der Waals surface area contributed by atoms with Gasteiger partial charge in [-0.1, -0.05) is 297 Å². The van der Waals surface area contributed by atoms with E-state index in [0.29, 0.717) is 5.41 Å². The summed E-state index contributed by atoms with van der Waals surface area (Å²) < 4.78 is 2.48. The molecule has 1 rings (SSSR count). The van der Waals surface area contributed by atoms with Gasteiger partial charge in [0.25, 0.3) is 0 Å². The van der Waals surface area contributed by atoms with Gasteiger partial charge < -0.3 is 0 Å². The summed E-state index contributed by atoms with van der Waals surface area (Å²) in [5, 5.41) is 0. The average Bonchev–Trinajstić information content (AvgIpc) is 3.23. The molecule has 0 saturated carbocycles. The number of hydrogen-bond donors (Lipinski definition) is 0. The van der Waals surface area contributed by atoms with Crippen molar-refractivity contribution in [3.8, 4) is 0 Å². The second kappa shape index (κ2) is 44.7. The summed E-state index contributed by atoms with van der Waals surface area (Å²) in [6.45, 7) is 8.18. The first-order valence-electron chi connectivity index (χ1n) is 27.2. The minimum atomic E-state index is 0.551. The maximum absolute atomic E-state index is 2.48. The highest BCUT2D eigenvalue weighted by Gasteiger charge is 2.30. The molecule has 0 aliphatic rings. The lowest BCUT2D eigenvalue weighted by Gasteiger charge is -2.34. The lowest BCUT2D eigenvalue weighted by molar-refractivity contribution is -0.699. The number of rotatable bonds is 48. The van der Waals surface area contributed by atoms with Crippen LogP contribution in [0.3, 0.4) is 0 Å². The highest BCUT2D eigenvalue weighted by Crippen LogP contribution is 2.41. The highest BCUT2D eigenvalue weighted by molar-refractivity contribution is 4.84. The predicted octanol–water partition coefficient (Wildman–Crippen LogP) is 20.0. The summed E-state index contributed by atoms with van der Waals surface area (Å²) in [5.74, 6) is 0. The molecule has 1 nitrogen and oxygen atoms in total. The first kappa shape index (κ1) is 54.2. The first-order valence-corrected chi connectivity index (χ1v) is 27.2. The molecule has 336 valence electrons. The number of aryl methyl sites for hydroxylation is 1. The van der Waals surface area contributed by atoms with Crippen molar-refractivity contribution in [3.05, 3.63) is 30.6 Å². The zero-order valence-electron chi connectivity index (χ0n) is 40.1. The maximum Gasteiger partial charge on any atom is 0.168 e. The van der Waals surface area contributed by atoms with Crippen molar-refractivity contribution in [2.75, 3.05) is 0 Å². The summed E-state index contributed by atoms with van der Waals surface area (Å²) in [6, 6.07) is 6.64. The number of aromatic nitrogens is 1. The highest BCUT2D eigenvalue weighted by atomic mass is 14.9. The van der Waals surface area contributed by atoms with Crippen molar-refractivity contribution in [1.82, 2.24) is 0 Å². The molecule has 0 atom stereocenters. The van der Waals surface area contributed by atoms with Gasteiger partial charge in [0.2, 0.25) is 0 Å². The third-order valence-electron chi connectivity index (χ3n) is 13.9. The van der Waals surface area contributed by atoms with Gasteiger partial charge in [-0.25, -0.2) is 4.57 Å². The van der Waals surface area contributed by atoms with E-state index in [1.807, 2.05) is 0 Å². The molecule has 0 bridgehead atoms. The van der Waals surface area contributed by atoms with E-state index in [-0.39, 0.29) is 0 Å². The molecule has 1 aromatic heterocycles. The molecule has 0 radical (unpaired) electrons. The quantitative estimate of drug-likeness (QED) is 0.0457. The van der Waals surface area contributed by atoms with Gasteiger partial charge in [-0.05, 0) is 24.7 Å². The number of pyridine rings is 1. The molecular formula is C56H108N+. The van der Waals surface area contributed by atoms with Crippen molar-refractivity contribution in [1.29, 1.82) is 0 Å². The second-order valence-electron chi connectivity index (χ2n) is 19.4. The Morgan fingerprint density at radius 1 is 0.246 bits per heavy atom. The molecule has 1 heterocycles. The molecular weight excluding hydrogens is 687 g/mol. The Hall–Kier alpha value is -0.850. The van der Waals surface area contributed by atoms with Crippen LogP contribution >= 0.6 is 0 Å². The Kier molecular flexibility index (Phi) is 42.5. The van der Waals surface area contributed by atoms with Gasteiger partial charge >= 0.3 is 0 Å². The SMILES string of the molecule is CCCCCCCCCCCCCCCCCCC(CCCCCCCCCCCC)(CCCCCCCCCCCCCCCCCC)CC[n+]1ccccc1. The molecule has 0 amide bonds. The van der Waals surface area contributed by atoms with Gasteiger partial charge in [-0.3, -0.25) is 0 Å². The number of nitrogens with zero attached hydrogens (tertiary/aromatic N) is 1. The summed E-state index contributed by atoms with van der Waals surface area (Å²) in [4.78, 5) is 0. The Balaban J connectivity index is 2.47. The monoisotopic (exact) mass is 795 g/mol. The van der Waals surface area contributed by atoms with E-state index in [1.54, 1.807) is 0 Å². The van der Waals surface area contributed by atoms with Crippen molar-refractivity contribution < 1.29 is 4.57 Å². The van der Waals surface area contributed by atoms with Crippen LogP contribution < -0.4 is 4.57 Å². The van der Waals surface area contributed by atoms with Crippen molar-refractivity contribution in [2.24, 2.45) is 5.41 Å². The number of hydrogen-bond acceptors (Lipinski definition) is 0. The lowest BCUT2D eigenvalue weighted by Crippen LogP contribution is -2.36. The van der Waals surface area contributed by atoms with Crippen molar-refractivity contribution >= 4 is 0 Å². The molecule has 1 heteroatoms. The van der Waals surface area contributed by atoms with E-state index >= 15 is 0 Å². The van der Waals surface area contributed by atoms with Crippen LogP contribution in [-0.2, 0) is 6.54 Å². The van der Waals surface area contributed by atoms with Crippen LogP contribution in [0.1, 0.15) is 316 Å². The molecule has 0 fully saturated rings. The van der Waals surface area contributed by atoms with Gasteiger partial charge in [0.15, 0.2) is 12.4 Å². The van der Waals surface area contributed by atoms with Crippen LogP contribution in [-0.4, -0.2) is 0 Å². The van der Waals surface area contributed by atoms with Crippen LogP contribution in [0.25, 0.3) is 0 Å². The van der Waals surface area contributed by atoms with Gasteiger partial charge in [0, 0.05) is 18.6 Å². The summed E-state index contributed by atoms with van der Waals surface area (Å²) in [7, 11) is 0. The van der Waals surface area contributed by atoms with Crippen molar-refractivity contribution in [3.63, 3.8) is 0 Å². The minimum absolute atomic E-state index is 0.551. The van der Waals surface area contributed by atoms with Gasteiger partial charge in [-0.15, -0.1) is 0 Å². The maximum atomic E-state index is 2.48. The molecule has 0 N–H and O–H groups in total. The Morgan fingerprint density at radius 2 is 0.456 bits per heavy atom. The smallest absolute Gasteiger partial charge is 0.168 e. The second-order valence-corrected chi connectivity index (χ2v) is 19.4. The van der Waals surface area contributed by atoms with Crippen LogP contribution in [0.15, 0.2) is 30.6 Å². The standard InChI is InChI=1S/C56H108N/c1-4-7-10-13-16-19-22-24-26-28-30-32-35-38-41-45-50-56(52-55-57-53-47-43-48-54-57,49-44-40-37-34-21-18-15-12-9-6-3)51-46-42-39-36-33-31-29-27-25-23-20-17-14-11-8-5-2/h43,47-48,53-54H,4-42,44-46,49-52,55H2,1-3H3/q+1. The Bertz CT molecular complexity index is 825.